The molecule has 0 spiro atoms. The fraction of sp³-hybridized carbons (Fsp3) is 0.118. The second-order valence-electron chi connectivity index (χ2n) is 4.75. The highest BCUT2D eigenvalue weighted by Crippen LogP contribution is 2.15. The van der Waals surface area contributed by atoms with Crippen molar-refractivity contribution in [3.63, 3.8) is 0 Å². The third kappa shape index (κ3) is 3.94. The fourth-order valence-corrected chi connectivity index (χ4v) is 2.07. The SMILES string of the molecule is CCNC(=O)c1cccc(NC(=O)c2ccccc2C(=O)O)c1. The number of hydrogen-bond donors (Lipinski definition) is 3. The average molecular weight is 312 g/mol. The van der Waals surface area contributed by atoms with Crippen molar-refractivity contribution in [1.29, 1.82) is 0 Å². The molecule has 6 heteroatoms. The van der Waals surface area contributed by atoms with Gasteiger partial charge in [-0.15, -0.1) is 0 Å². The molecule has 0 saturated heterocycles. The molecular weight excluding hydrogens is 296 g/mol. The van der Waals surface area contributed by atoms with E-state index < -0.39 is 11.9 Å². The fourth-order valence-electron chi connectivity index (χ4n) is 2.07. The Bertz CT molecular complexity index is 756. The van der Waals surface area contributed by atoms with Crippen molar-refractivity contribution in [2.45, 2.75) is 6.92 Å². The molecule has 0 bridgehead atoms. The molecule has 0 atom stereocenters. The van der Waals surface area contributed by atoms with Gasteiger partial charge in [0.2, 0.25) is 0 Å². The van der Waals surface area contributed by atoms with E-state index in [9.17, 15) is 14.4 Å². The first-order valence-corrected chi connectivity index (χ1v) is 7.05. The van der Waals surface area contributed by atoms with E-state index in [1.807, 2.05) is 6.92 Å². The second kappa shape index (κ2) is 7.22. The molecule has 0 fully saturated rings. The summed E-state index contributed by atoms with van der Waals surface area (Å²) in [4.78, 5) is 35.2. The van der Waals surface area contributed by atoms with Gasteiger partial charge >= 0.3 is 5.97 Å². The van der Waals surface area contributed by atoms with Crippen molar-refractivity contribution in [3.8, 4) is 0 Å². The van der Waals surface area contributed by atoms with Crippen LogP contribution in [0, 0.1) is 0 Å². The van der Waals surface area contributed by atoms with Gasteiger partial charge in [0.15, 0.2) is 0 Å². The number of aromatic carboxylic acids is 1. The van der Waals surface area contributed by atoms with Crippen LogP contribution in [0.4, 0.5) is 5.69 Å². The van der Waals surface area contributed by atoms with E-state index in [0.29, 0.717) is 17.8 Å². The molecule has 6 nitrogen and oxygen atoms in total. The van der Waals surface area contributed by atoms with Crippen LogP contribution >= 0.6 is 0 Å². The zero-order valence-electron chi connectivity index (χ0n) is 12.5. The summed E-state index contributed by atoms with van der Waals surface area (Å²) in [6, 6.07) is 12.4. The molecule has 23 heavy (non-hydrogen) atoms. The van der Waals surface area contributed by atoms with Crippen molar-refractivity contribution >= 4 is 23.5 Å². The van der Waals surface area contributed by atoms with E-state index in [2.05, 4.69) is 10.6 Å². The third-order valence-corrected chi connectivity index (χ3v) is 3.12. The van der Waals surface area contributed by atoms with E-state index in [-0.39, 0.29) is 17.0 Å². The summed E-state index contributed by atoms with van der Waals surface area (Å²) in [5.74, 6) is -1.96. The number of amides is 2. The standard InChI is InChI=1S/C17H16N2O4/c1-2-18-15(20)11-6-5-7-12(10-11)19-16(21)13-8-3-4-9-14(13)17(22)23/h3-10H,2H2,1H3,(H,18,20)(H,19,21)(H,22,23). The molecule has 0 aliphatic rings. The summed E-state index contributed by atoms with van der Waals surface area (Å²) in [5, 5.41) is 14.4. The van der Waals surface area contributed by atoms with Gasteiger partial charge in [0, 0.05) is 17.8 Å². The smallest absolute Gasteiger partial charge is 0.336 e. The number of carboxylic acids is 1. The Labute approximate surface area is 133 Å². The second-order valence-corrected chi connectivity index (χ2v) is 4.75. The first kappa shape index (κ1) is 16.2. The normalized spacial score (nSPS) is 9.96. The van der Waals surface area contributed by atoms with Gasteiger partial charge in [-0.2, -0.15) is 0 Å². The molecule has 118 valence electrons. The predicted octanol–water partition coefficient (Wildman–Crippen LogP) is 2.39. The molecule has 0 saturated carbocycles. The minimum Gasteiger partial charge on any atom is -0.478 e. The lowest BCUT2D eigenvalue weighted by Crippen LogP contribution is -2.23. The molecule has 0 unspecified atom stereocenters. The monoisotopic (exact) mass is 312 g/mol. The highest BCUT2D eigenvalue weighted by molar-refractivity contribution is 6.11. The number of anilines is 1. The van der Waals surface area contributed by atoms with Crippen molar-refractivity contribution in [2.24, 2.45) is 0 Å². The van der Waals surface area contributed by atoms with Gasteiger partial charge < -0.3 is 15.7 Å². The van der Waals surface area contributed by atoms with Crippen LogP contribution in [0.15, 0.2) is 48.5 Å². The minimum atomic E-state index is -1.17. The number of rotatable bonds is 5. The molecular formula is C17H16N2O4. The van der Waals surface area contributed by atoms with Gasteiger partial charge in [-0.05, 0) is 37.3 Å². The summed E-state index contributed by atoms with van der Waals surface area (Å²) in [7, 11) is 0. The molecule has 0 aromatic heterocycles. The Morgan fingerprint density at radius 1 is 0.957 bits per heavy atom. The maximum absolute atomic E-state index is 12.3. The minimum absolute atomic E-state index is 0.0587. The Kier molecular flexibility index (Phi) is 5.09. The molecule has 3 N–H and O–H groups in total. The molecule has 0 aliphatic carbocycles. The summed E-state index contributed by atoms with van der Waals surface area (Å²) < 4.78 is 0. The number of hydrogen-bond acceptors (Lipinski definition) is 3. The Morgan fingerprint density at radius 3 is 2.30 bits per heavy atom. The Balaban J connectivity index is 2.23. The quantitative estimate of drug-likeness (QED) is 0.790. The summed E-state index contributed by atoms with van der Waals surface area (Å²) in [5.41, 5.74) is 0.809. The molecule has 2 amide bonds. The largest absolute Gasteiger partial charge is 0.478 e. The van der Waals surface area contributed by atoms with Crippen LogP contribution in [-0.4, -0.2) is 29.4 Å². The van der Waals surface area contributed by atoms with Gasteiger partial charge in [-0.1, -0.05) is 18.2 Å². The number of carbonyl (C=O) groups excluding carboxylic acids is 2. The Hall–Kier alpha value is -3.15. The lowest BCUT2D eigenvalue weighted by Gasteiger charge is -2.09. The van der Waals surface area contributed by atoms with E-state index in [1.54, 1.807) is 30.3 Å². The van der Waals surface area contributed by atoms with Crippen LogP contribution in [0.1, 0.15) is 38.0 Å². The zero-order chi connectivity index (χ0) is 16.8. The van der Waals surface area contributed by atoms with Crippen LogP contribution < -0.4 is 10.6 Å². The van der Waals surface area contributed by atoms with Crippen LogP contribution in [0.3, 0.4) is 0 Å². The molecule has 0 aliphatic heterocycles. The van der Waals surface area contributed by atoms with Crippen LogP contribution in [-0.2, 0) is 0 Å². The summed E-state index contributed by atoms with van der Waals surface area (Å²) in [6.07, 6.45) is 0. The molecule has 0 radical (unpaired) electrons. The Morgan fingerprint density at radius 2 is 1.65 bits per heavy atom. The average Bonchev–Trinajstić information content (AvgIpc) is 2.55. The van der Waals surface area contributed by atoms with Crippen LogP contribution in [0.25, 0.3) is 0 Å². The van der Waals surface area contributed by atoms with Crippen molar-refractivity contribution < 1.29 is 19.5 Å². The van der Waals surface area contributed by atoms with Crippen LogP contribution in [0.5, 0.6) is 0 Å². The van der Waals surface area contributed by atoms with Crippen molar-refractivity contribution in [2.75, 3.05) is 11.9 Å². The summed E-state index contributed by atoms with van der Waals surface area (Å²) in [6.45, 7) is 2.31. The maximum atomic E-state index is 12.3. The number of benzene rings is 2. The zero-order valence-corrected chi connectivity index (χ0v) is 12.5. The lowest BCUT2D eigenvalue weighted by atomic mass is 10.1. The maximum Gasteiger partial charge on any atom is 0.336 e. The van der Waals surface area contributed by atoms with Gasteiger partial charge in [0.1, 0.15) is 0 Å². The summed E-state index contributed by atoms with van der Waals surface area (Å²) >= 11 is 0. The highest BCUT2D eigenvalue weighted by Gasteiger charge is 2.16. The van der Waals surface area contributed by atoms with E-state index in [0.717, 1.165) is 0 Å². The number of nitrogens with one attached hydrogen (secondary N) is 2. The number of carboxylic acid groups (broad SMARTS) is 1. The van der Waals surface area contributed by atoms with Crippen molar-refractivity contribution in [3.05, 3.63) is 65.2 Å². The van der Waals surface area contributed by atoms with Gasteiger partial charge in [0.25, 0.3) is 11.8 Å². The highest BCUT2D eigenvalue weighted by atomic mass is 16.4. The first-order chi connectivity index (χ1) is 11.0. The van der Waals surface area contributed by atoms with Gasteiger partial charge in [0.05, 0.1) is 11.1 Å². The molecule has 0 heterocycles. The predicted molar refractivity (Wildman–Crippen MR) is 85.8 cm³/mol. The molecule has 2 aromatic carbocycles. The topological polar surface area (TPSA) is 95.5 Å². The number of carbonyl (C=O) groups is 3. The van der Waals surface area contributed by atoms with E-state index in [4.69, 9.17) is 5.11 Å². The van der Waals surface area contributed by atoms with Gasteiger partial charge in [-0.25, -0.2) is 4.79 Å². The molecule has 2 rings (SSSR count). The lowest BCUT2D eigenvalue weighted by molar-refractivity contribution is 0.0692. The van der Waals surface area contributed by atoms with Gasteiger partial charge in [-0.3, -0.25) is 9.59 Å². The van der Waals surface area contributed by atoms with Crippen molar-refractivity contribution in [1.82, 2.24) is 5.32 Å². The van der Waals surface area contributed by atoms with E-state index in [1.165, 1.54) is 18.2 Å². The van der Waals surface area contributed by atoms with Crippen LogP contribution in [0.2, 0.25) is 0 Å². The first-order valence-electron chi connectivity index (χ1n) is 7.05. The third-order valence-electron chi connectivity index (χ3n) is 3.12. The van der Waals surface area contributed by atoms with E-state index >= 15 is 0 Å². The molecule has 2 aromatic rings.